The number of amides is 3. The number of piperidine rings is 2. The van der Waals surface area contributed by atoms with Crippen molar-refractivity contribution in [2.24, 2.45) is 0 Å². The second-order valence-electron chi connectivity index (χ2n) is 8.29. The predicted octanol–water partition coefficient (Wildman–Crippen LogP) is 1.82. The van der Waals surface area contributed by atoms with Gasteiger partial charge < -0.3 is 9.32 Å². The van der Waals surface area contributed by atoms with Gasteiger partial charge >= 0.3 is 0 Å². The maximum atomic E-state index is 12.8. The zero-order chi connectivity index (χ0) is 20.7. The molecule has 156 valence electrons. The lowest BCUT2D eigenvalue weighted by molar-refractivity contribution is -0.136. The summed E-state index contributed by atoms with van der Waals surface area (Å²) in [6.07, 6.45) is 6.03. The minimum absolute atomic E-state index is 0.119. The summed E-state index contributed by atoms with van der Waals surface area (Å²) in [7, 11) is 0. The summed E-state index contributed by atoms with van der Waals surface area (Å²) in [5, 5.41) is 2.35. The van der Waals surface area contributed by atoms with Gasteiger partial charge in [0.2, 0.25) is 17.7 Å². The van der Waals surface area contributed by atoms with Crippen LogP contribution in [0.2, 0.25) is 0 Å². The number of imide groups is 1. The van der Waals surface area contributed by atoms with Gasteiger partial charge in [-0.15, -0.1) is 0 Å². The lowest BCUT2D eigenvalue weighted by Crippen LogP contribution is -2.52. The molecule has 3 amide bonds. The van der Waals surface area contributed by atoms with Gasteiger partial charge in [0, 0.05) is 18.5 Å². The number of hydrogen-bond donors (Lipinski definition) is 1. The van der Waals surface area contributed by atoms with Crippen molar-refractivity contribution in [2.45, 2.75) is 50.7 Å². The Balaban J connectivity index is 1.25. The summed E-state index contributed by atoms with van der Waals surface area (Å²) in [5.74, 6) is 0.448. The Morgan fingerprint density at radius 3 is 2.70 bits per heavy atom. The Hall–Kier alpha value is -3.00. The number of carbonyl (C=O) groups excluding carboxylic acids is 3. The molecule has 1 aromatic carbocycles. The summed E-state index contributed by atoms with van der Waals surface area (Å²) < 4.78 is 5.35. The monoisotopic (exact) mass is 408 g/mol. The molecule has 8 nitrogen and oxygen atoms in total. The average Bonchev–Trinajstić information content (AvgIpc) is 3.36. The fraction of sp³-hybridized carbons (Fsp3) is 0.455. The van der Waals surface area contributed by atoms with E-state index in [1.54, 1.807) is 17.4 Å². The molecule has 0 aliphatic carbocycles. The predicted molar refractivity (Wildman–Crippen MR) is 106 cm³/mol. The molecule has 8 heteroatoms. The van der Waals surface area contributed by atoms with Crippen LogP contribution in [0.4, 0.5) is 0 Å². The molecule has 1 atom stereocenters. The topological polar surface area (TPSA) is 95.8 Å². The number of carbonyl (C=O) groups is 3. The van der Waals surface area contributed by atoms with Gasteiger partial charge in [0.1, 0.15) is 12.3 Å². The van der Waals surface area contributed by atoms with Crippen LogP contribution >= 0.6 is 0 Å². The zero-order valence-corrected chi connectivity index (χ0v) is 16.7. The highest BCUT2D eigenvalue weighted by atomic mass is 16.3. The molecule has 1 N–H and O–H groups in total. The molecule has 0 saturated carbocycles. The van der Waals surface area contributed by atoms with Crippen molar-refractivity contribution in [2.75, 3.05) is 13.1 Å². The van der Waals surface area contributed by atoms with E-state index >= 15 is 0 Å². The first kappa shape index (κ1) is 19.0. The Kier molecular flexibility index (Phi) is 4.86. The van der Waals surface area contributed by atoms with E-state index in [2.05, 4.69) is 27.3 Å². The van der Waals surface area contributed by atoms with Crippen LogP contribution in [0.5, 0.6) is 0 Å². The van der Waals surface area contributed by atoms with E-state index in [0.717, 1.165) is 43.9 Å². The molecule has 3 aliphatic heterocycles. The smallest absolute Gasteiger partial charge is 0.255 e. The van der Waals surface area contributed by atoms with E-state index in [-0.39, 0.29) is 24.1 Å². The summed E-state index contributed by atoms with van der Waals surface area (Å²) >= 11 is 0. The second-order valence-corrected chi connectivity index (χ2v) is 8.29. The van der Waals surface area contributed by atoms with Gasteiger partial charge in [0.25, 0.3) is 5.91 Å². The van der Waals surface area contributed by atoms with E-state index in [4.69, 9.17) is 4.42 Å². The van der Waals surface area contributed by atoms with Crippen LogP contribution in [-0.4, -0.2) is 51.6 Å². The molecule has 2 aromatic rings. The second kappa shape index (κ2) is 7.68. The minimum Gasteiger partial charge on any atom is -0.448 e. The highest BCUT2D eigenvalue weighted by molar-refractivity contribution is 6.05. The third kappa shape index (κ3) is 3.52. The first-order valence-corrected chi connectivity index (χ1v) is 10.5. The Morgan fingerprint density at radius 2 is 1.97 bits per heavy atom. The van der Waals surface area contributed by atoms with E-state index in [1.807, 2.05) is 6.07 Å². The van der Waals surface area contributed by atoms with Gasteiger partial charge in [-0.1, -0.05) is 12.1 Å². The summed E-state index contributed by atoms with van der Waals surface area (Å²) in [4.78, 5) is 44.6. The largest absolute Gasteiger partial charge is 0.448 e. The van der Waals surface area contributed by atoms with E-state index in [9.17, 15) is 14.4 Å². The number of benzene rings is 1. The van der Waals surface area contributed by atoms with Crippen LogP contribution < -0.4 is 5.32 Å². The fourth-order valence-corrected chi connectivity index (χ4v) is 4.80. The maximum Gasteiger partial charge on any atom is 0.255 e. The van der Waals surface area contributed by atoms with Gasteiger partial charge in [0.15, 0.2) is 0 Å². The molecule has 0 spiro atoms. The van der Waals surface area contributed by atoms with Crippen molar-refractivity contribution in [3.63, 3.8) is 0 Å². The lowest BCUT2D eigenvalue weighted by Gasteiger charge is -2.31. The number of oxazole rings is 1. The van der Waals surface area contributed by atoms with E-state index < -0.39 is 6.04 Å². The van der Waals surface area contributed by atoms with E-state index in [0.29, 0.717) is 24.4 Å². The van der Waals surface area contributed by atoms with Crippen molar-refractivity contribution in [1.29, 1.82) is 0 Å². The van der Waals surface area contributed by atoms with Crippen molar-refractivity contribution < 1.29 is 18.8 Å². The number of rotatable bonds is 4. The number of hydrogen-bond acceptors (Lipinski definition) is 6. The van der Waals surface area contributed by atoms with Crippen LogP contribution in [0.15, 0.2) is 35.1 Å². The average molecular weight is 408 g/mol. The van der Waals surface area contributed by atoms with Gasteiger partial charge in [0.05, 0.1) is 12.7 Å². The maximum absolute atomic E-state index is 12.8. The molecule has 2 fully saturated rings. The van der Waals surface area contributed by atoms with Crippen molar-refractivity contribution in [3.05, 3.63) is 53.2 Å². The molecule has 30 heavy (non-hydrogen) atoms. The van der Waals surface area contributed by atoms with Crippen LogP contribution in [0.1, 0.15) is 59.0 Å². The number of nitrogens with zero attached hydrogens (tertiary/aromatic N) is 3. The van der Waals surface area contributed by atoms with Crippen molar-refractivity contribution in [3.8, 4) is 0 Å². The van der Waals surface area contributed by atoms with Crippen LogP contribution in [-0.2, 0) is 22.7 Å². The standard InChI is InChI=1S/C22H24N4O4/c27-19-4-3-18(21(28)24-19)26-12-16-11-15(1-2-17(16)22(26)29)14-5-8-25(9-6-14)13-20-23-7-10-30-20/h1-2,7,10-11,14,18H,3-6,8-9,12-13H2,(H,24,27,28). The van der Waals surface area contributed by atoms with Crippen LogP contribution in [0.3, 0.4) is 0 Å². The number of fused-ring (bicyclic) bond motifs is 1. The van der Waals surface area contributed by atoms with Crippen molar-refractivity contribution in [1.82, 2.24) is 20.1 Å². The Bertz CT molecular complexity index is 979. The first-order chi connectivity index (χ1) is 14.6. The fourth-order valence-electron chi connectivity index (χ4n) is 4.80. The minimum atomic E-state index is -0.565. The first-order valence-electron chi connectivity index (χ1n) is 10.5. The third-order valence-electron chi connectivity index (χ3n) is 6.45. The number of aromatic nitrogens is 1. The van der Waals surface area contributed by atoms with Gasteiger partial charge in [-0.3, -0.25) is 24.6 Å². The molecule has 4 heterocycles. The summed E-state index contributed by atoms with van der Waals surface area (Å²) in [6, 6.07) is 5.52. The molecule has 0 radical (unpaired) electrons. The third-order valence-corrected chi connectivity index (χ3v) is 6.45. The van der Waals surface area contributed by atoms with Gasteiger partial charge in [-0.25, -0.2) is 4.98 Å². The molecule has 1 unspecified atom stereocenters. The van der Waals surface area contributed by atoms with E-state index in [1.165, 1.54) is 5.56 Å². The zero-order valence-electron chi connectivity index (χ0n) is 16.7. The van der Waals surface area contributed by atoms with Crippen molar-refractivity contribution >= 4 is 17.7 Å². The summed E-state index contributed by atoms with van der Waals surface area (Å²) in [6.45, 7) is 3.12. The Morgan fingerprint density at radius 1 is 1.13 bits per heavy atom. The number of nitrogens with one attached hydrogen (secondary N) is 1. The Labute approximate surface area is 174 Å². The molecular formula is C22H24N4O4. The van der Waals surface area contributed by atoms with Crippen LogP contribution in [0, 0.1) is 0 Å². The highest BCUT2D eigenvalue weighted by Gasteiger charge is 2.39. The molecule has 2 saturated heterocycles. The SMILES string of the molecule is O=C1CCC(N2Cc3cc(C4CCN(Cc5ncco5)CC4)ccc3C2=O)C(=O)N1. The lowest BCUT2D eigenvalue weighted by atomic mass is 9.88. The molecule has 0 bridgehead atoms. The molecule has 5 rings (SSSR count). The molecular weight excluding hydrogens is 384 g/mol. The normalized spacial score (nSPS) is 23.0. The number of likely N-dealkylation sites (tertiary alicyclic amines) is 1. The molecule has 3 aliphatic rings. The summed E-state index contributed by atoms with van der Waals surface area (Å²) in [5.41, 5.74) is 2.90. The van der Waals surface area contributed by atoms with Gasteiger partial charge in [-0.05, 0) is 55.5 Å². The molecule has 1 aromatic heterocycles. The van der Waals surface area contributed by atoms with Gasteiger partial charge in [-0.2, -0.15) is 0 Å². The van der Waals surface area contributed by atoms with Crippen LogP contribution in [0.25, 0.3) is 0 Å². The highest BCUT2D eigenvalue weighted by Crippen LogP contribution is 2.33. The quantitative estimate of drug-likeness (QED) is 0.776.